The van der Waals surface area contributed by atoms with Crippen molar-refractivity contribution in [3.8, 4) is 0 Å². The van der Waals surface area contributed by atoms with E-state index in [1.165, 1.54) is 0 Å². The molecule has 1 aromatic carbocycles. The van der Waals surface area contributed by atoms with E-state index in [2.05, 4.69) is 0 Å². The number of benzene rings is 1. The predicted molar refractivity (Wildman–Crippen MR) is 85.4 cm³/mol. The van der Waals surface area contributed by atoms with E-state index in [1.807, 2.05) is 30.3 Å². The van der Waals surface area contributed by atoms with Gasteiger partial charge in [0.1, 0.15) is 12.3 Å². The number of ether oxygens (including phenoxy) is 2. The Morgan fingerprint density at radius 1 is 1.41 bits per heavy atom. The third kappa shape index (κ3) is 4.33. The summed E-state index contributed by atoms with van der Waals surface area (Å²) in [6.07, 6.45) is 3.38. The molecule has 6 heteroatoms. The van der Waals surface area contributed by atoms with Gasteiger partial charge in [-0.3, -0.25) is 0 Å². The zero-order valence-electron chi connectivity index (χ0n) is 12.9. The van der Waals surface area contributed by atoms with Crippen LogP contribution >= 0.6 is 0 Å². The first kappa shape index (κ1) is 17.0. The van der Waals surface area contributed by atoms with E-state index in [0.717, 1.165) is 5.56 Å². The van der Waals surface area contributed by atoms with E-state index < -0.39 is 11.4 Å². The Labute approximate surface area is 134 Å². The Kier molecular flexibility index (Phi) is 6.45. The van der Waals surface area contributed by atoms with Gasteiger partial charge < -0.3 is 14.0 Å². The molecular weight excluding hydrogens is 302 g/mol. The van der Waals surface area contributed by atoms with Crippen LogP contribution in [0.25, 0.3) is 0 Å². The summed E-state index contributed by atoms with van der Waals surface area (Å²) >= 11 is -1.17. The first-order valence-corrected chi connectivity index (χ1v) is 8.74. The average Bonchev–Trinajstić information content (AvgIpc) is 2.93. The zero-order valence-corrected chi connectivity index (χ0v) is 13.7. The van der Waals surface area contributed by atoms with Crippen LogP contribution in [0.15, 0.2) is 42.0 Å². The van der Waals surface area contributed by atoms with Crippen molar-refractivity contribution in [3.63, 3.8) is 0 Å². The standard InChI is InChI=1S/C16H21NO4S/c1-3-21-16(18)14-9-10-17(22(2)19)15(14)12-20-11-13-7-5-4-6-8-13/h4-9,15H,3,10-12H2,1-2H3/t15-,22-/m1/s1. The second-order valence-electron chi connectivity index (χ2n) is 4.92. The van der Waals surface area contributed by atoms with Gasteiger partial charge in [0.15, 0.2) is 0 Å². The monoisotopic (exact) mass is 323 g/mol. The molecule has 0 amide bonds. The molecule has 0 saturated carbocycles. The molecule has 1 aliphatic heterocycles. The molecule has 0 fully saturated rings. The molecule has 0 radical (unpaired) electrons. The lowest BCUT2D eigenvalue weighted by molar-refractivity contribution is -0.139. The van der Waals surface area contributed by atoms with Crippen LogP contribution in [0.2, 0.25) is 0 Å². The van der Waals surface area contributed by atoms with Crippen LogP contribution in [-0.4, -0.2) is 46.9 Å². The molecule has 2 rings (SSSR count). The van der Waals surface area contributed by atoms with Gasteiger partial charge in [-0.1, -0.05) is 36.4 Å². The lowest BCUT2D eigenvalue weighted by atomic mass is 10.1. The molecule has 120 valence electrons. The molecule has 0 saturated heterocycles. The maximum Gasteiger partial charge on any atom is 0.335 e. The number of carbonyl (C=O) groups excluding carboxylic acids is 1. The van der Waals surface area contributed by atoms with Crippen molar-refractivity contribution in [2.45, 2.75) is 19.6 Å². The highest BCUT2D eigenvalue weighted by Crippen LogP contribution is 2.23. The lowest BCUT2D eigenvalue weighted by Gasteiger charge is -2.25. The topological polar surface area (TPSA) is 61.8 Å². The van der Waals surface area contributed by atoms with Gasteiger partial charge in [0.2, 0.25) is 0 Å². The SMILES string of the molecule is CCOC(=O)C1=CCN([S@@+](C)[O-])[C@@H]1COCc1ccccc1. The molecule has 0 spiro atoms. The third-order valence-corrected chi connectivity index (χ3v) is 4.49. The summed E-state index contributed by atoms with van der Waals surface area (Å²) in [5.41, 5.74) is 1.59. The summed E-state index contributed by atoms with van der Waals surface area (Å²) < 4.78 is 24.3. The van der Waals surface area contributed by atoms with Gasteiger partial charge in [0, 0.05) is 11.4 Å². The number of rotatable bonds is 7. The van der Waals surface area contributed by atoms with E-state index in [0.29, 0.717) is 31.9 Å². The Hall–Kier alpha value is -1.34. The van der Waals surface area contributed by atoms with E-state index in [-0.39, 0.29) is 12.0 Å². The summed E-state index contributed by atoms with van der Waals surface area (Å²) in [5.74, 6) is -0.358. The smallest absolute Gasteiger partial charge is 0.335 e. The van der Waals surface area contributed by atoms with Crippen LogP contribution < -0.4 is 0 Å². The number of nitrogens with zero attached hydrogens (tertiary/aromatic N) is 1. The molecule has 22 heavy (non-hydrogen) atoms. The Morgan fingerprint density at radius 3 is 2.77 bits per heavy atom. The van der Waals surface area contributed by atoms with E-state index in [9.17, 15) is 9.35 Å². The van der Waals surface area contributed by atoms with Gasteiger partial charge in [-0.2, -0.15) is 0 Å². The molecular formula is C16H21NO4S. The maximum atomic E-state index is 12.0. The van der Waals surface area contributed by atoms with Crippen molar-refractivity contribution >= 4 is 17.3 Å². The van der Waals surface area contributed by atoms with Crippen LogP contribution in [0.3, 0.4) is 0 Å². The second kappa shape index (κ2) is 8.33. The van der Waals surface area contributed by atoms with E-state index in [4.69, 9.17) is 9.47 Å². The van der Waals surface area contributed by atoms with Gasteiger partial charge >= 0.3 is 5.97 Å². The first-order valence-electron chi connectivity index (χ1n) is 7.22. The summed E-state index contributed by atoms with van der Waals surface area (Å²) in [5, 5.41) is 0. The molecule has 0 unspecified atom stereocenters. The summed E-state index contributed by atoms with van der Waals surface area (Å²) in [4.78, 5) is 12.0. The first-order chi connectivity index (χ1) is 10.6. The van der Waals surface area contributed by atoms with Crippen LogP contribution in [-0.2, 0) is 32.2 Å². The van der Waals surface area contributed by atoms with Crippen molar-refractivity contribution in [3.05, 3.63) is 47.5 Å². The van der Waals surface area contributed by atoms with Gasteiger partial charge in [0.05, 0.1) is 31.9 Å². The molecule has 1 heterocycles. The normalized spacial score (nSPS) is 19.8. The molecule has 1 aromatic rings. The average molecular weight is 323 g/mol. The fraction of sp³-hybridized carbons (Fsp3) is 0.438. The quantitative estimate of drug-likeness (QED) is 0.564. The van der Waals surface area contributed by atoms with Gasteiger partial charge in [-0.15, -0.1) is 4.31 Å². The summed E-state index contributed by atoms with van der Waals surface area (Å²) in [7, 11) is 0. The molecule has 5 nitrogen and oxygen atoms in total. The van der Waals surface area contributed by atoms with Gasteiger partial charge in [0.25, 0.3) is 0 Å². The van der Waals surface area contributed by atoms with Crippen LogP contribution in [0, 0.1) is 0 Å². The lowest BCUT2D eigenvalue weighted by Crippen LogP contribution is -2.41. The fourth-order valence-electron chi connectivity index (χ4n) is 2.36. The molecule has 2 atom stereocenters. The minimum absolute atomic E-state index is 0.305. The molecule has 0 aliphatic carbocycles. The highest BCUT2D eigenvalue weighted by molar-refractivity contribution is 7.88. The van der Waals surface area contributed by atoms with Crippen molar-refractivity contribution in [2.75, 3.05) is 26.0 Å². The van der Waals surface area contributed by atoms with Crippen molar-refractivity contribution in [1.29, 1.82) is 0 Å². The zero-order chi connectivity index (χ0) is 15.9. The van der Waals surface area contributed by atoms with Gasteiger partial charge in [-0.05, 0) is 12.5 Å². The van der Waals surface area contributed by atoms with Crippen LogP contribution in [0.4, 0.5) is 0 Å². The third-order valence-electron chi connectivity index (χ3n) is 3.43. The molecule has 1 aliphatic rings. The summed E-state index contributed by atoms with van der Waals surface area (Å²) in [6.45, 7) is 3.32. The fourth-order valence-corrected chi connectivity index (χ4v) is 3.18. The number of carbonyl (C=O) groups is 1. The highest BCUT2D eigenvalue weighted by Gasteiger charge is 2.38. The number of esters is 1. The largest absolute Gasteiger partial charge is 0.598 e. The van der Waals surface area contributed by atoms with E-state index >= 15 is 0 Å². The van der Waals surface area contributed by atoms with Crippen molar-refractivity contribution in [1.82, 2.24) is 4.31 Å². The predicted octanol–water partition coefficient (Wildman–Crippen LogP) is 1.67. The van der Waals surface area contributed by atoms with Crippen molar-refractivity contribution < 1.29 is 18.8 Å². The molecule has 0 N–H and O–H groups in total. The Balaban J connectivity index is 1.96. The summed E-state index contributed by atoms with van der Waals surface area (Å²) in [6, 6.07) is 9.48. The molecule has 0 bridgehead atoms. The Bertz CT molecular complexity index is 518. The maximum absolute atomic E-state index is 12.0. The molecule has 0 aromatic heterocycles. The van der Waals surface area contributed by atoms with Crippen molar-refractivity contribution in [2.24, 2.45) is 0 Å². The van der Waals surface area contributed by atoms with Crippen LogP contribution in [0.1, 0.15) is 12.5 Å². The number of hydrogen-bond acceptors (Lipinski definition) is 5. The minimum Gasteiger partial charge on any atom is -0.598 e. The van der Waals surface area contributed by atoms with Crippen LogP contribution in [0.5, 0.6) is 0 Å². The highest BCUT2D eigenvalue weighted by atomic mass is 32.2. The minimum atomic E-state index is -1.17. The van der Waals surface area contributed by atoms with E-state index in [1.54, 1.807) is 23.6 Å². The second-order valence-corrected chi connectivity index (χ2v) is 6.24. The Morgan fingerprint density at radius 2 is 2.14 bits per heavy atom. The number of hydrogen-bond donors (Lipinski definition) is 0. The van der Waals surface area contributed by atoms with Gasteiger partial charge in [-0.25, -0.2) is 4.79 Å².